The van der Waals surface area contributed by atoms with E-state index in [-0.39, 0.29) is 12.6 Å². The normalized spacial score (nSPS) is 13.7. The molecule has 0 aromatic heterocycles. The molecular weight excluding hydrogens is 250 g/mol. The first-order valence-corrected chi connectivity index (χ1v) is 6.17. The minimum Gasteiger partial charge on any atom is -0.491 e. The topological polar surface area (TPSA) is 41.5 Å². The molecule has 18 heavy (non-hydrogen) atoms. The zero-order chi connectivity index (χ0) is 13.5. The van der Waals surface area contributed by atoms with Crippen LogP contribution in [0.3, 0.4) is 0 Å². The van der Waals surface area contributed by atoms with Crippen LogP contribution in [-0.2, 0) is 0 Å². The molecule has 0 saturated heterocycles. The van der Waals surface area contributed by atoms with E-state index in [0.717, 1.165) is 5.56 Å². The van der Waals surface area contributed by atoms with E-state index in [0.29, 0.717) is 17.3 Å². The highest BCUT2D eigenvalue weighted by molar-refractivity contribution is 6.31. The van der Waals surface area contributed by atoms with Gasteiger partial charge in [-0.25, -0.2) is 0 Å². The number of aliphatic hydroxyl groups excluding tert-OH is 1. The summed E-state index contributed by atoms with van der Waals surface area (Å²) in [6, 6.07) is 5.33. The predicted molar refractivity (Wildman–Crippen MR) is 74.0 cm³/mol. The van der Waals surface area contributed by atoms with Gasteiger partial charge in [0.25, 0.3) is 0 Å². The van der Waals surface area contributed by atoms with Gasteiger partial charge in [0.2, 0.25) is 0 Å². The average Bonchev–Trinajstić information content (AvgIpc) is 2.37. The molecule has 4 heteroatoms. The van der Waals surface area contributed by atoms with Crippen LogP contribution in [0.5, 0.6) is 5.75 Å². The number of aryl methyl sites for hydroxylation is 1. The van der Waals surface area contributed by atoms with E-state index in [1.165, 1.54) is 0 Å². The third kappa shape index (κ3) is 4.97. The number of aliphatic hydroxyl groups is 1. The number of terminal acetylenes is 1. The lowest BCUT2D eigenvalue weighted by atomic mass is 10.2. The van der Waals surface area contributed by atoms with Gasteiger partial charge in [0.05, 0.1) is 6.04 Å². The van der Waals surface area contributed by atoms with Gasteiger partial charge in [0.1, 0.15) is 18.5 Å². The second kappa shape index (κ2) is 7.27. The van der Waals surface area contributed by atoms with Crippen molar-refractivity contribution in [3.63, 3.8) is 0 Å². The first-order valence-electron chi connectivity index (χ1n) is 5.79. The van der Waals surface area contributed by atoms with Crippen LogP contribution >= 0.6 is 11.6 Å². The van der Waals surface area contributed by atoms with Gasteiger partial charge < -0.3 is 15.2 Å². The van der Waals surface area contributed by atoms with E-state index in [9.17, 15) is 5.11 Å². The molecular formula is C14H18ClNO2. The molecule has 0 saturated carbocycles. The number of benzene rings is 1. The quantitative estimate of drug-likeness (QED) is 0.775. The molecule has 0 heterocycles. The van der Waals surface area contributed by atoms with Gasteiger partial charge >= 0.3 is 0 Å². The first kappa shape index (κ1) is 14.8. The summed E-state index contributed by atoms with van der Waals surface area (Å²) in [4.78, 5) is 0. The summed E-state index contributed by atoms with van der Waals surface area (Å²) in [5.74, 6) is 3.23. The lowest BCUT2D eigenvalue weighted by Crippen LogP contribution is -2.35. The Kier molecular flexibility index (Phi) is 6.00. The highest BCUT2D eigenvalue weighted by atomic mass is 35.5. The smallest absolute Gasteiger partial charge is 0.119 e. The molecule has 0 aliphatic heterocycles. The van der Waals surface area contributed by atoms with Crippen molar-refractivity contribution in [3.05, 3.63) is 28.8 Å². The summed E-state index contributed by atoms with van der Waals surface area (Å²) >= 11 is 5.91. The molecule has 0 radical (unpaired) electrons. The van der Waals surface area contributed by atoms with Gasteiger partial charge in [-0.1, -0.05) is 17.5 Å². The van der Waals surface area contributed by atoms with E-state index >= 15 is 0 Å². The first-order chi connectivity index (χ1) is 8.52. The van der Waals surface area contributed by atoms with Crippen molar-refractivity contribution in [2.24, 2.45) is 0 Å². The van der Waals surface area contributed by atoms with Gasteiger partial charge in [-0.3, -0.25) is 0 Å². The average molecular weight is 268 g/mol. The van der Waals surface area contributed by atoms with Crippen LogP contribution in [-0.4, -0.2) is 30.4 Å². The summed E-state index contributed by atoms with van der Waals surface area (Å²) in [6.45, 7) is 4.38. The van der Waals surface area contributed by atoms with Crippen molar-refractivity contribution in [2.45, 2.75) is 26.0 Å². The maximum absolute atomic E-state index is 9.70. The summed E-state index contributed by atoms with van der Waals surface area (Å²) in [5.41, 5.74) is 0.947. The van der Waals surface area contributed by atoms with Crippen LogP contribution in [0.1, 0.15) is 12.5 Å². The standard InChI is InChI=1S/C14H18ClNO2/c1-4-11(3)16-8-12(17)9-18-13-5-6-14(15)10(2)7-13/h1,5-7,11-12,16-17H,8-9H2,2-3H3. The van der Waals surface area contributed by atoms with Crippen LogP contribution in [0, 0.1) is 19.3 Å². The molecule has 98 valence electrons. The van der Waals surface area contributed by atoms with Crippen molar-refractivity contribution in [1.82, 2.24) is 5.32 Å². The third-order valence-electron chi connectivity index (χ3n) is 2.48. The van der Waals surface area contributed by atoms with Crippen LogP contribution in [0.4, 0.5) is 0 Å². The Morgan fingerprint density at radius 1 is 1.56 bits per heavy atom. The van der Waals surface area contributed by atoms with Crippen LogP contribution in [0.15, 0.2) is 18.2 Å². The summed E-state index contributed by atoms with van der Waals surface area (Å²) in [6.07, 6.45) is 4.62. The van der Waals surface area contributed by atoms with Gasteiger partial charge in [0.15, 0.2) is 0 Å². The SMILES string of the molecule is C#CC(C)NCC(O)COc1ccc(Cl)c(C)c1. The number of hydrogen-bond acceptors (Lipinski definition) is 3. The van der Waals surface area contributed by atoms with Crippen LogP contribution < -0.4 is 10.1 Å². The molecule has 0 fully saturated rings. The largest absolute Gasteiger partial charge is 0.491 e. The van der Waals surface area contributed by atoms with Gasteiger partial charge in [0, 0.05) is 11.6 Å². The molecule has 1 aromatic rings. The molecule has 2 atom stereocenters. The molecule has 1 aromatic carbocycles. The second-order valence-electron chi connectivity index (χ2n) is 4.17. The molecule has 2 N–H and O–H groups in total. The number of hydrogen-bond donors (Lipinski definition) is 2. The Balaban J connectivity index is 2.36. The van der Waals surface area contributed by atoms with Gasteiger partial charge in [-0.05, 0) is 37.6 Å². The fourth-order valence-electron chi connectivity index (χ4n) is 1.33. The van der Waals surface area contributed by atoms with Crippen LogP contribution in [0.2, 0.25) is 5.02 Å². The monoisotopic (exact) mass is 267 g/mol. The highest BCUT2D eigenvalue weighted by Crippen LogP contribution is 2.20. The second-order valence-corrected chi connectivity index (χ2v) is 4.58. The molecule has 2 unspecified atom stereocenters. The zero-order valence-corrected chi connectivity index (χ0v) is 11.4. The predicted octanol–water partition coefficient (Wildman–Crippen LogP) is 2.00. The van der Waals surface area contributed by atoms with E-state index in [1.54, 1.807) is 12.1 Å². The summed E-state index contributed by atoms with van der Waals surface area (Å²) in [7, 11) is 0. The van der Waals surface area contributed by atoms with Crippen molar-refractivity contribution in [1.29, 1.82) is 0 Å². The fourth-order valence-corrected chi connectivity index (χ4v) is 1.45. The molecule has 0 aliphatic carbocycles. The lowest BCUT2D eigenvalue weighted by Gasteiger charge is -2.15. The summed E-state index contributed by atoms with van der Waals surface area (Å²) in [5, 5.41) is 13.4. The van der Waals surface area contributed by atoms with E-state index in [1.807, 2.05) is 19.9 Å². The van der Waals surface area contributed by atoms with E-state index in [4.69, 9.17) is 22.8 Å². The Hall–Kier alpha value is -1.21. The van der Waals surface area contributed by atoms with Crippen molar-refractivity contribution in [2.75, 3.05) is 13.2 Å². The number of ether oxygens (including phenoxy) is 1. The van der Waals surface area contributed by atoms with E-state index < -0.39 is 6.10 Å². The fraction of sp³-hybridized carbons (Fsp3) is 0.429. The van der Waals surface area contributed by atoms with Crippen molar-refractivity contribution in [3.8, 4) is 18.1 Å². The minimum atomic E-state index is -0.600. The Morgan fingerprint density at radius 3 is 2.89 bits per heavy atom. The molecule has 0 aliphatic rings. The maximum atomic E-state index is 9.70. The molecule has 0 amide bonds. The molecule has 1 rings (SSSR count). The van der Waals surface area contributed by atoms with Gasteiger partial charge in [-0.15, -0.1) is 6.42 Å². The number of nitrogens with one attached hydrogen (secondary N) is 1. The van der Waals surface area contributed by atoms with Crippen molar-refractivity contribution >= 4 is 11.6 Å². The molecule has 0 spiro atoms. The maximum Gasteiger partial charge on any atom is 0.119 e. The Labute approximate surface area is 113 Å². The third-order valence-corrected chi connectivity index (χ3v) is 2.91. The minimum absolute atomic E-state index is 0.0579. The lowest BCUT2D eigenvalue weighted by molar-refractivity contribution is 0.105. The number of rotatable bonds is 6. The van der Waals surface area contributed by atoms with Crippen molar-refractivity contribution < 1.29 is 9.84 Å². The summed E-state index contributed by atoms with van der Waals surface area (Å²) < 4.78 is 5.47. The Morgan fingerprint density at radius 2 is 2.28 bits per heavy atom. The Bertz CT molecular complexity index is 428. The van der Waals surface area contributed by atoms with Gasteiger partial charge in [-0.2, -0.15) is 0 Å². The zero-order valence-electron chi connectivity index (χ0n) is 10.6. The number of halogens is 1. The molecule has 0 bridgehead atoms. The molecule has 3 nitrogen and oxygen atoms in total. The van der Waals surface area contributed by atoms with Crippen LogP contribution in [0.25, 0.3) is 0 Å². The van der Waals surface area contributed by atoms with E-state index in [2.05, 4.69) is 11.2 Å². The highest BCUT2D eigenvalue weighted by Gasteiger charge is 2.07.